The summed E-state index contributed by atoms with van der Waals surface area (Å²) in [6, 6.07) is 0. The Morgan fingerprint density at radius 1 is 1.35 bits per heavy atom. The highest BCUT2D eigenvalue weighted by molar-refractivity contribution is 5.80. The van der Waals surface area contributed by atoms with Crippen LogP contribution in [0.3, 0.4) is 0 Å². The van der Waals surface area contributed by atoms with Crippen LogP contribution in [0.15, 0.2) is 0 Å². The first kappa shape index (κ1) is 11.4. The molecule has 1 amide bonds. The maximum absolute atomic E-state index is 12.1. The maximum Gasteiger partial charge on any atom is 0.225 e. The van der Waals surface area contributed by atoms with Crippen LogP contribution in [0.2, 0.25) is 0 Å². The highest BCUT2D eigenvalue weighted by Crippen LogP contribution is 2.53. The van der Waals surface area contributed by atoms with Crippen molar-refractivity contribution in [3.8, 4) is 0 Å². The molecule has 3 fully saturated rings. The van der Waals surface area contributed by atoms with Crippen LogP contribution in [0.1, 0.15) is 12.8 Å². The summed E-state index contributed by atoms with van der Waals surface area (Å²) in [5.41, 5.74) is 0.301. The molecular formula is C12H21N3O2. The van der Waals surface area contributed by atoms with E-state index in [0.717, 1.165) is 32.8 Å². The Balaban J connectivity index is 1.46. The van der Waals surface area contributed by atoms with Gasteiger partial charge in [-0.05, 0) is 18.3 Å². The van der Waals surface area contributed by atoms with Gasteiger partial charge in [0.15, 0.2) is 0 Å². The zero-order valence-corrected chi connectivity index (χ0v) is 10.1. The summed E-state index contributed by atoms with van der Waals surface area (Å²) < 4.78 is 5.57. The second-order valence-electron chi connectivity index (χ2n) is 5.49. The van der Waals surface area contributed by atoms with Gasteiger partial charge in [-0.2, -0.15) is 0 Å². The van der Waals surface area contributed by atoms with Gasteiger partial charge in [0.25, 0.3) is 0 Å². The smallest absolute Gasteiger partial charge is 0.225 e. The maximum atomic E-state index is 12.1. The fourth-order valence-corrected chi connectivity index (χ4v) is 2.95. The Bertz CT molecular complexity index is 298. The van der Waals surface area contributed by atoms with E-state index in [1.54, 1.807) is 0 Å². The van der Waals surface area contributed by atoms with Crippen molar-refractivity contribution in [2.45, 2.75) is 18.9 Å². The molecule has 1 saturated carbocycles. The largest absolute Gasteiger partial charge is 0.374 e. The van der Waals surface area contributed by atoms with E-state index in [1.807, 2.05) is 0 Å². The minimum atomic E-state index is 0.136. The number of carbonyl (C=O) groups is 1. The van der Waals surface area contributed by atoms with E-state index in [9.17, 15) is 4.79 Å². The Labute approximate surface area is 102 Å². The van der Waals surface area contributed by atoms with Crippen molar-refractivity contribution in [3.05, 3.63) is 0 Å². The van der Waals surface area contributed by atoms with Gasteiger partial charge in [-0.1, -0.05) is 0 Å². The van der Waals surface area contributed by atoms with Crippen molar-refractivity contribution in [1.82, 2.24) is 16.0 Å². The van der Waals surface area contributed by atoms with Crippen LogP contribution in [0.5, 0.6) is 0 Å². The summed E-state index contributed by atoms with van der Waals surface area (Å²) in [6.07, 6.45) is 2.55. The standard InChI is InChI=1S/C12H21N3O2/c16-11(10-7-14-8-12(10)1-2-12)15-6-9-5-13-3-4-17-9/h9-10,13-14H,1-8H2,(H,15,16). The van der Waals surface area contributed by atoms with Crippen LogP contribution in [0.25, 0.3) is 0 Å². The first-order valence-corrected chi connectivity index (χ1v) is 6.61. The molecule has 2 atom stereocenters. The van der Waals surface area contributed by atoms with E-state index in [-0.39, 0.29) is 17.9 Å². The molecular weight excluding hydrogens is 218 g/mol. The first-order valence-electron chi connectivity index (χ1n) is 6.61. The van der Waals surface area contributed by atoms with E-state index in [2.05, 4.69) is 16.0 Å². The number of hydrogen-bond acceptors (Lipinski definition) is 4. The summed E-state index contributed by atoms with van der Waals surface area (Å²) in [5, 5.41) is 9.65. The van der Waals surface area contributed by atoms with E-state index >= 15 is 0 Å². The summed E-state index contributed by atoms with van der Waals surface area (Å²) in [5.74, 6) is 0.390. The van der Waals surface area contributed by atoms with Gasteiger partial charge < -0.3 is 20.7 Å². The number of morpholine rings is 1. The molecule has 0 aromatic heterocycles. The zero-order valence-electron chi connectivity index (χ0n) is 10.1. The van der Waals surface area contributed by atoms with Crippen LogP contribution < -0.4 is 16.0 Å². The fourth-order valence-electron chi connectivity index (χ4n) is 2.95. The average Bonchev–Trinajstić information content (AvgIpc) is 3.00. The summed E-state index contributed by atoms with van der Waals surface area (Å²) in [7, 11) is 0. The molecule has 0 radical (unpaired) electrons. The lowest BCUT2D eigenvalue weighted by Gasteiger charge is -2.25. The highest BCUT2D eigenvalue weighted by atomic mass is 16.5. The van der Waals surface area contributed by atoms with Gasteiger partial charge in [0.1, 0.15) is 0 Å². The average molecular weight is 239 g/mol. The summed E-state index contributed by atoms with van der Waals surface area (Å²) >= 11 is 0. The Morgan fingerprint density at radius 2 is 2.24 bits per heavy atom. The molecule has 2 heterocycles. The van der Waals surface area contributed by atoms with Gasteiger partial charge in [0, 0.05) is 32.7 Å². The Morgan fingerprint density at radius 3 is 2.94 bits per heavy atom. The third-order valence-electron chi connectivity index (χ3n) is 4.28. The molecule has 17 heavy (non-hydrogen) atoms. The molecule has 2 unspecified atom stereocenters. The van der Waals surface area contributed by atoms with Crippen LogP contribution in [-0.2, 0) is 9.53 Å². The molecule has 1 spiro atoms. The van der Waals surface area contributed by atoms with E-state index in [4.69, 9.17) is 4.74 Å². The van der Waals surface area contributed by atoms with E-state index < -0.39 is 0 Å². The second-order valence-corrected chi connectivity index (χ2v) is 5.49. The number of ether oxygens (including phenoxy) is 1. The van der Waals surface area contributed by atoms with E-state index in [1.165, 1.54) is 12.8 Å². The molecule has 5 heteroatoms. The lowest BCUT2D eigenvalue weighted by atomic mass is 9.92. The topological polar surface area (TPSA) is 62.4 Å². The van der Waals surface area contributed by atoms with Crippen molar-refractivity contribution < 1.29 is 9.53 Å². The van der Waals surface area contributed by atoms with Gasteiger partial charge in [0.05, 0.1) is 18.6 Å². The normalized spacial score (nSPS) is 34.8. The first-order chi connectivity index (χ1) is 8.30. The van der Waals surface area contributed by atoms with Gasteiger partial charge >= 0.3 is 0 Å². The van der Waals surface area contributed by atoms with Crippen molar-refractivity contribution in [2.75, 3.05) is 39.3 Å². The van der Waals surface area contributed by atoms with Gasteiger partial charge in [0.2, 0.25) is 5.91 Å². The van der Waals surface area contributed by atoms with Gasteiger partial charge in [-0.3, -0.25) is 4.79 Å². The fraction of sp³-hybridized carbons (Fsp3) is 0.917. The van der Waals surface area contributed by atoms with Gasteiger partial charge in [-0.15, -0.1) is 0 Å². The molecule has 5 nitrogen and oxygen atoms in total. The Kier molecular flexibility index (Phi) is 3.06. The van der Waals surface area contributed by atoms with Crippen molar-refractivity contribution in [2.24, 2.45) is 11.3 Å². The number of carbonyl (C=O) groups excluding carboxylic acids is 1. The second kappa shape index (κ2) is 4.55. The number of hydrogen-bond donors (Lipinski definition) is 3. The molecule has 3 rings (SSSR count). The molecule has 1 aliphatic carbocycles. The minimum Gasteiger partial charge on any atom is -0.374 e. The zero-order chi connectivity index (χ0) is 11.7. The molecule has 0 aromatic rings. The predicted octanol–water partition coefficient (Wildman–Crippen LogP) is -0.909. The molecule has 2 aliphatic heterocycles. The van der Waals surface area contributed by atoms with Crippen molar-refractivity contribution >= 4 is 5.91 Å². The summed E-state index contributed by atoms with van der Waals surface area (Å²) in [4.78, 5) is 12.1. The van der Waals surface area contributed by atoms with Gasteiger partial charge in [-0.25, -0.2) is 0 Å². The molecule has 3 aliphatic rings. The molecule has 3 N–H and O–H groups in total. The SMILES string of the molecule is O=C(NCC1CNCCO1)C1CNCC12CC2. The third kappa shape index (κ3) is 2.32. The lowest BCUT2D eigenvalue weighted by Crippen LogP contribution is -2.47. The van der Waals surface area contributed by atoms with Crippen LogP contribution >= 0.6 is 0 Å². The highest BCUT2D eigenvalue weighted by Gasteiger charge is 2.54. The van der Waals surface area contributed by atoms with Crippen molar-refractivity contribution in [1.29, 1.82) is 0 Å². The van der Waals surface area contributed by atoms with E-state index in [0.29, 0.717) is 12.0 Å². The predicted molar refractivity (Wildman–Crippen MR) is 63.6 cm³/mol. The minimum absolute atomic E-state index is 0.136. The monoisotopic (exact) mass is 239 g/mol. The molecule has 2 saturated heterocycles. The third-order valence-corrected chi connectivity index (χ3v) is 4.28. The van der Waals surface area contributed by atoms with Crippen LogP contribution in [0, 0.1) is 11.3 Å². The van der Waals surface area contributed by atoms with Crippen LogP contribution in [-0.4, -0.2) is 51.3 Å². The summed E-state index contributed by atoms with van der Waals surface area (Å²) in [6.45, 7) is 5.00. The molecule has 96 valence electrons. The Hall–Kier alpha value is -0.650. The number of amides is 1. The number of nitrogens with one attached hydrogen (secondary N) is 3. The lowest BCUT2D eigenvalue weighted by molar-refractivity contribution is -0.126. The van der Waals surface area contributed by atoms with Crippen LogP contribution in [0.4, 0.5) is 0 Å². The molecule has 0 bridgehead atoms. The quantitative estimate of drug-likeness (QED) is 0.597. The van der Waals surface area contributed by atoms with Crippen molar-refractivity contribution in [3.63, 3.8) is 0 Å². The number of rotatable bonds is 3. The molecule has 0 aromatic carbocycles.